The number of nitrogens with zero attached hydrogens (tertiary/aromatic N) is 2. The molecule has 3 rings (SSSR count). The Balaban J connectivity index is 1.83. The number of rotatable bonds is 4. The van der Waals surface area contributed by atoms with E-state index < -0.39 is 9.84 Å². The minimum atomic E-state index is -3.51. The van der Waals surface area contributed by atoms with Crippen LogP contribution in [-0.2, 0) is 9.84 Å². The number of aromatic nitrogens is 2. The molecule has 0 spiro atoms. The SMILES string of the molecule is CS(=O)(=O)c1cc(C(=O)Nc2ccnn2C2CCCCC2)ccc1Cl. The highest BCUT2D eigenvalue weighted by Gasteiger charge is 2.20. The zero-order valence-electron chi connectivity index (χ0n) is 13.9. The van der Waals surface area contributed by atoms with Crippen LogP contribution in [0, 0.1) is 0 Å². The van der Waals surface area contributed by atoms with Crippen molar-refractivity contribution in [3.63, 3.8) is 0 Å². The number of benzene rings is 1. The minimum Gasteiger partial charge on any atom is -0.307 e. The Morgan fingerprint density at radius 1 is 1.24 bits per heavy atom. The van der Waals surface area contributed by atoms with Crippen LogP contribution in [0.25, 0.3) is 0 Å². The van der Waals surface area contributed by atoms with E-state index in [0.29, 0.717) is 5.82 Å². The zero-order valence-corrected chi connectivity index (χ0v) is 15.5. The van der Waals surface area contributed by atoms with Gasteiger partial charge in [-0.05, 0) is 31.0 Å². The monoisotopic (exact) mass is 381 g/mol. The number of amides is 1. The topological polar surface area (TPSA) is 81.1 Å². The van der Waals surface area contributed by atoms with E-state index in [2.05, 4.69) is 10.4 Å². The molecule has 0 bridgehead atoms. The number of carbonyl (C=O) groups excluding carboxylic acids is 1. The molecule has 1 N–H and O–H groups in total. The maximum Gasteiger partial charge on any atom is 0.256 e. The van der Waals surface area contributed by atoms with Gasteiger partial charge >= 0.3 is 0 Å². The summed E-state index contributed by atoms with van der Waals surface area (Å²) in [4.78, 5) is 12.5. The highest BCUT2D eigenvalue weighted by molar-refractivity contribution is 7.90. The number of carbonyl (C=O) groups is 1. The molecule has 1 aliphatic rings. The molecule has 1 heterocycles. The summed E-state index contributed by atoms with van der Waals surface area (Å²) in [6, 6.07) is 6.27. The second kappa shape index (κ2) is 7.17. The molecule has 8 heteroatoms. The molecule has 0 saturated heterocycles. The Bertz CT molecular complexity index is 886. The molecular weight excluding hydrogens is 362 g/mol. The molecule has 0 atom stereocenters. The van der Waals surface area contributed by atoms with E-state index >= 15 is 0 Å². The number of hydrogen-bond acceptors (Lipinski definition) is 4. The van der Waals surface area contributed by atoms with Crippen molar-refractivity contribution in [1.29, 1.82) is 0 Å². The van der Waals surface area contributed by atoms with Crippen LogP contribution in [0.2, 0.25) is 5.02 Å². The van der Waals surface area contributed by atoms with Gasteiger partial charge in [-0.15, -0.1) is 0 Å². The first-order valence-corrected chi connectivity index (χ1v) is 10.5. The molecule has 1 aromatic heterocycles. The largest absolute Gasteiger partial charge is 0.307 e. The average Bonchev–Trinajstić information content (AvgIpc) is 3.03. The summed E-state index contributed by atoms with van der Waals surface area (Å²) >= 11 is 5.93. The number of anilines is 1. The summed E-state index contributed by atoms with van der Waals surface area (Å²) in [5, 5.41) is 7.27. The average molecular weight is 382 g/mol. The van der Waals surface area contributed by atoms with Crippen molar-refractivity contribution >= 4 is 33.2 Å². The van der Waals surface area contributed by atoms with Crippen molar-refractivity contribution in [2.45, 2.75) is 43.0 Å². The summed E-state index contributed by atoms with van der Waals surface area (Å²) in [5.74, 6) is 0.229. The molecule has 1 fully saturated rings. The van der Waals surface area contributed by atoms with Crippen molar-refractivity contribution in [3.8, 4) is 0 Å². The maximum atomic E-state index is 12.5. The van der Waals surface area contributed by atoms with Gasteiger partial charge in [0.15, 0.2) is 9.84 Å². The molecule has 0 unspecified atom stereocenters. The molecule has 2 aromatic rings. The third kappa shape index (κ3) is 4.04. The molecule has 1 amide bonds. The predicted molar refractivity (Wildman–Crippen MR) is 96.9 cm³/mol. The Hall–Kier alpha value is -1.86. The molecule has 1 aromatic carbocycles. The molecular formula is C17H20ClN3O3S. The van der Waals surface area contributed by atoms with Crippen LogP contribution < -0.4 is 5.32 Å². The number of sulfone groups is 1. The molecule has 1 saturated carbocycles. The quantitative estimate of drug-likeness (QED) is 0.875. The number of halogens is 1. The van der Waals surface area contributed by atoms with E-state index in [1.54, 1.807) is 12.3 Å². The standard InChI is InChI=1S/C17H20ClN3O3S/c1-25(23,24)15-11-12(7-8-14(15)18)17(22)20-16-9-10-19-21(16)13-5-3-2-4-6-13/h7-11,13H,2-6H2,1H3,(H,20,22). The molecule has 6 nitrogen and oxygen atoms in total. The van der Waals surface area contributed by atoms with Gasteiger partial charge in [-0.3, -0.25) is 4.79 Å². The van der Waals surface area contributed by atoms with E-state index in [0.717, 1.165) is 31.9 Å². The van der Waals surface area contributed by atoms with Gasteiger partial charge in [0, 0.05) is 17.9 Å². The van der Waals surface area contributed by atoms with Gasteiger partial charge in [0.1, 0.15) is 5.82 Å². The Morgan fingerprint density at radius 2 is 1.96 bits per heavy atom. The van der Waals surface area contributed by atoms with E-state index in [4.69, 9.17) is 11.6 Å². The third-order valence-corrected chi connectivity index (χ3v) is 6.00. The Labute approximate surface area is 152 Å². The fourth-order valence-electron chi connectivity index (χ4n) is 3.15. The lowest BCUT2D eigenvalue weighted by atomic mass is 9.96. The first kappa shape index (κ1) is 17.9. The summed E-state index contributed by atoms with van der Waals surface area (Å²) < 4.78 is 25.4. The van der Waals surface area contributed by atoms with Gasteiger partial charge in [-0.1, -0.05) is 30.9 Å². The molecule has 25 heavy (non-hydrogen) atoms. The lowest BCUT2D eigenvalue weighted by Crippen LogP contribution is -2.20. The fourth-order valence-corrected chi connectivity index (χ4v) is 4.45. The maximum absolute atomic E-state index is 12.5. The Kier molecular flexibility index (Phi) is 5.15. The highest BCUT2D eigenvalue weighted by atomic mass is 35.5. The van der Waals surface area contributed by atoms with Crippen molar-refractivity contribution in [3.05, 3.63) is 41.0 Å². The van der Waals surface area contributed by atoms with E-state index in [1.807, 2.05) is 4.68 Å². The van der Waals surface area contributed by atoms with Crippen LogP contribution in [0.3, 0.4) is 0 Å². The van der Waals surface area contributed by atoms with Crippen molar-refractivity contribution in [1.82, 2.24) is 9.78 Å². The van der Waals surface area contributed by atoms with Crippen LogP contribution >= 0.6 is 11.6 Å². The minimum absolute atomic E-state index is 0.0531. The van der Waals surface area contributed by atoms with Gasteiger partial charge in [-0.2, -0.15) is 5.10 Å². The molecule has 1 aliphatic carbocycles. The van der Waals surface area contributed by atoms with E-state index in [9.17, 15) is 13.2 Å². The van der Waals surface area contributed by atoms with Crippen molar-refractivity contribution in [2.24, 2.45) is 0 Å². The second-order valence-corrected chi connectivity index (χ2v) is 8.72. The molecule has 0 aliphatic heterocycles. The molecule has 134 valence electrons. The summed E-state index contributed by atoms with van der Waals surface area (Å²) in [6.45, 7) is 0. The first-order valence-electron chi connectivity index (χ1n) is 8.21. The van der Waals surface area contributed by atoms with Crippen LogP contribution in [0.5, 0.6) is 0 Å². The Morgan fingerprint density at radius 3 is 2.64 bits per heavy atom. The van der Waals surface area contributed by atoms with Crippen molar-refractivity contribution < 1.29 is 13.2 Å². The zero-order chi connectivity index (χ0) is 18.0. The van der Waals surface area contributed by atoms with Crippen LogP contribution in [0.1, 0.15) is 48.5 Å². The lowest BCUT2D eigenvalue weighted by molar-refractivity contribution is 0.102. The smallest absolute Gasteiger partial charge is 0.256 e. The van der Waals surface area contributed by atoms with Crippen LogP contribution in [0.15, 0.2) is 35.4 Å². The van der Waals surface area contributed by atoms with Gasteiger partial charge in [0.05, 0.1) is 22.2 Å². The molecule has 0 radical (unpaired) electrons. The normalized spacial score (nSPS) is 15.9. The second-order valence-electron chi connectivity index (χ2n) is 6.32. The summed E-state index contributed by atoms with van der Waals surface area (Å²) in [6.07, 6.45) is 8.37. The fraction of sp³-hybridized carbons (Fsp3) is 0.412. The first-order chi connectivity index (χ1) is 11.9. The van der Waals surface area contributed by atoms with E-state index in [-0.39, 0.29) is 27.4 Å². The van der Waals surface area contributed by atoms with Crippen molar-refractivity contribution in [2.75, 3.05) is 11.6 Å². The van der Waals surface area contributed by atoms with Gasteiger partial charge in [0.2, 0.25) is 0 Å². The van der Waals surface area contributed by atoms with Gasteiger partial charge in [-0.25, -0.2) is 13.1 Å². The third-order valence-electron chi connectivity index (χ3n) is 4.43. The van der Waals surface area contributed by atoms with Gasteiger partial charge in [0.25, 0.3) is 5.91 Å². The van der Waals surface area contributed by atoms with Crippen LogP contribution in [0.4, 0.5) is 5.82 Å². The number of hydrogen-bond donors (Lipinski definition) is 1. The number of nitrogens with one attached hydrogen (secondary N) is 1. The highest BCUT2D eigenvalue weighted by Crippen LogP contribution is 2.30. The van der Waals surface area contributed by atoms with E-state index in [1.165, 1.54) is 24.6 Å². The van der Waals surface area contributed by atoms with Gasteiger partial charge < -0.3 is 5.32 Å². The summed E-state index contributed by atoms with van der Waals surface area (Å²) in [5.41, 5.74) is 0.237. The predicted octanol–water partition coefficient (Wildman–Crippen LogP) is 3.70. The summed E-state index contributed by atoms with van der Waals surface area (Å²) in [7, 11) is -3.51. The lowest BCUT2D eigenvalue weighted by Gasteiger charge is -2.23. The van der Waals surface area contributed by atoms with Crippen LogP contribution in [-0.4, -0.2) is 30.4 Å².